The van der Waals surface area contributed by atoms with Crippen LogP contribution in [0.25, 0.3) is 119 Å². The Kier molecular flexibility index (Phi) is 6.89. The highest BCUT2D eigenvalue weighted by atomic mass is 32.1. The molecule has 0 atom stereocenters. The number of pyridine rings is 1. The van der Waals surface area contributed by atoms with Gasteiger partial charge in [-0.1, -0.05) is 140 Å². The minimum atomic E-state index is 1.01. The summed E-state index contributed by atoms with van der Waals surface area (Å²) in [7, 11) is 0. The molecule has 13 aromatic rings. The van der Waals surface area contributed by atoms with Gasteiger partial charge in [0.05, 0.1) is 32.5 Å². The maximum Gasteiger partial charge on any atom is 0.156 e. The topological polar surface area (TPSA) is 22.2 Å². The molecule has 0 aliphatic rings. The molecule has 13 rings (SSSR count). The Morgan fingerprint density at radius 1 is 0.373 bits per heavy atom. The second kappa shape index (κ2) is 12.5. The molecule has 4 aromatic heterocycles. The number of benzene rings is 9. The maximum absolute atomic E-state index is 5.36. The van der Waals surface area contributed by atoms with E-state index in [0.29, 0.717) is 0 Å². The van der Waals surface area contributed by atoms with Gasteiger partial charge < -0.3 is 4.57 Å². The highest BCUT2D eigenvalue weighted by molar-refractivity contribution is 7.26. The van der Waals surface area contributed by atoms with E-state index in [2.05, 4.69) is 209 Å². The van der Waals surface area contributed by atoms with Crippen molar-refractivity contribution < 1.29 is 0 Å². The quantitative estimate of drug-likeness (QED) is 0.175. The third-order valence-corrected chi connectivity index (χ3v) is 13.4. The predicted octanol–water partition coefficient (Wildman–Crippen LogP) is 15.3. The molecular weight excluding hydrogens is 735 g/mol. The summed E-state index contributed by atoms with van der Waals surface area (Å²) in [6, 6.07) is 73.2. The second-order valence-electron chi connectivity index (χ2n) is 15.6. The molecule has 0 saturated heterocycles. The summed E-state index contributed by atoms with van der Waals surface area (Å²) < 4.78 is 7.26. The number of hydrogen-bond acceptors (Lipinski definition) is 2. The summed E-state index contributed by atoms with van der Waals surface area (Å²) in [4.78, 5) is 5.36. The third kappa shape index (κ3) is 4.97. The van der Waals surface area contributed by atoms with Crippen LogP contribution >= 0.6 is 11.3 Å². The van der Waals surface area contributed by atoms with Crippen molar-refractivity contribution in [2.75, 3.05) is 0 Å². The summed E-state index contributed by atoms with van der Waals surface area (Å²) in [5, 5.41) is 9.99. The van der Waals surface area contributed by atoms with Crippen LogP contribution in [0.15, 0.2) is 200 Å². The van der Waals surface area contributed by atoms with Crippen molar-refractivity contribution >= 4 is 91.5 Å². The lowest BCUT2D eigenvalue weighted by Crippen LogP contribution is -1.93. The zero-order valence-corrected chi connectivity index (χ0v) is 32.6. The molecule has 0 aliphatic carbocycles. The highest BCUT2D eigenvalue weighted by Gasteiger charge is 2.19. The summed E-state index contributed by atoms with van der Waals surface area (Å²) >= 11 is 1.84. The van der Waals surface area contributed by atoms with Crippen LogP contribution in [0.2, 0.25) is 0 Å². The Morgan fingerprint density at radius 3 is 1.69 bits per heavy atom. The molecular formula is C55H33N3S. The molecule has 0 bridgehead atoms. The van der Waals surface area contributed by atoms with Gasteiger partial charge in [0, 0.05) is 31.9 Å². The molecule has 0 amide bonds. The maximum atomic E-state index is 5.36. The van der Waals surface area contributed by atoms with Gasteiger partial charge in [-0.3, -0.25) is 4.40 Å². The fourth-order valence-electron chi connectivity index (χ4n) is 9.38. The van der Waals surface area contributed by atoms with E-state index in [1.165, 1.54) is 91.5 Å². The van der Waals surface area contributed by atoms with Gasteiger partial charge in [0.2, 0.25) is 0 Å². The number of aromatic nitrogens is 3. The van der Waals surface area contributed by atoms with E-state index in [9.17, 15) is 0 Å². The van der Waals surface area contributed by atoms with Crippen LogP contribution in [0.3, 0.4) is 0 Å². The normalized spacial score (nSPS) is 12.1. The molecule has 0 spiro atoms. The lowest BCUT2D eigenvalue weighted by molar-refractivity contribution is 1.18. The Labute approximate surface area is 343 Å². The molecule has 0 N–H and O–H groups in total. The number of rotatable bonds is 4. The van der Waals surface area contributed by atoms with E-state index in [-0.39, 0.29) is 0 Å². The molecule has 274 valence electrons. The predicted molar refractivity (Wildman–Crippen MR) is 251 cm³/mol. The molecule has 4 heteroatoms. The first-order valence-electron chi connectivity index (χ1n) is 20.1. The Hall–Kier alpha value is -7.53. The van der Waals surface area contributed by atoms with Gasteiger partial charge in [-0.05, 0) is 110 Å². The zero-order valence-electron chi connectivity index (χ0n) is 31.8. The zero-order chi connectivity index (χ0) is 38.6. The van der Waals surface area contributed by atoms with Gasteiger partial charge >= 0.3 is 0 Å². The Bertz CT molecular complexity index is 3810. The third-order valence-electron chi connectivity index (χ3n) is 12.3. The standard InChI is InChI=1S/C55H33N3S/c1-2-14-43(15-3-1)57-49-17-9-8-16-44(49)45-28-42(26-27-50(45)57)36-20-18-34(19-21-36)35-22-24-37(25-23-35)51-33-47-46-29-38-10-4-7-13-41(38)32-53(46)59-54(47)55-56-48-30-39-11-5-6-12-40(39)31-52(48)58(51)55/h1-33H. The summed E-state index contributed by atoms with van der Waals surface area (Å²) in [6.45, 7) is 0. The monoisotopic (exact) mass is 767 g/mol. The second-order valence-corrected chi connectivity index (χ2v) is 16.7. The first-order chi connectivity index (χ1) is 29.2. The average molecular weight is 768 g/mol. The molecule has 9 aromatic carbocycles. The fraction of sp³-hybridized carbons (Fsp3) is 0. The van der Waals surface area contributed by atoms with Crippen molar-refractivity contribution in [2.45, 2.75) is 0 Å². The average Bonchev–Trinajstić information content (AvgIpc) is 3.96. The van der Waals surface area contributed by atoms with Crippen LogP contribution in [0, 0.1) is 0 Å². The van der Waals surface area contributed by atoms with Crippen LogP contribution in [-0.4, -0.2) is 14.0 Å². The van der Waals surface area contributed by atoms with Crippen LogP contribution in [-0.2, 0) is 0 Å². The number of hydrogen-bond donors (Lipinski definition) is 0. The van der Waals surface area contributed by atoms with Crippen molar-refractivity contribution in [1.29, 1.82) is 0 Å². The van der Waals surface area contributed by atoms with E-state index < -0.39 is 0 Å². The molecule has 59 heavy (non-hydrogen) atoms. The Balaban J connectivity index is 0.914. The number of fused-ring (bicyclic) bond motifs is 12. The van der Waals surface area contributed by atoms with E-state index in [0.717, 1.165) is 27.9 Å². The smallest absolute Gasteiger partial charge is 0.156 e. The van der Waals surface area contributed by atoms with Crippen LogP contribution in [0.4, 0.5) is 0 Å². The summed E-state index contributed by atoms with van der Waals surface area (Å²) in [5.74, 6) is 0. The molecule has 0 saturated carbocycles. The molecule has 4 heterocycles. The van der Waals surface area contributed by atoms with Gasteiger partial charge in [0.25, 0.3) is 0 Å². The van der Waals surface area contributed by atoms with Crippen molar-refractivity contribution in [1.82, 2.24) is 14.0 Å². The molecule has 0 radical (unpaired) electrons. The highest BCUT2D eigenvalue weighted by Crippen LogP contribution is 2.43. The first kappa shape index (κ1) is 32.5. The minimum absolute atomic E-state index is 1.01. The molecule has 0 fully saturated rings. The minimum Gasteiger partial charge on any atom is -0.309 e. The SMILES string of the molecule is c1ccc(-n2c3ccccc3c3cc(-c4ccc(-c5ccc(-c6cc7c8cc9ccccc9cc8sc7c7nc8cc9ccccc9cc8n67)cc5)cc4)ccc32)cc1. The van der Waals surface area contributed by atoms with Gasteiger partial charge in [0.15, 0.2) is 5.65 Å². The first-order valence-corrected chi connectivity index (χ1v) is 20.9. The lowest BCUT2D eigenvalue weighted by atomic mass is 9.98. The number of para-hydroxylation sites is 2. The van der Waals surface area contributed by atoms with Gasteiger partial charge in [-0.25, -0.2) is 4.98 Å². The van der Waals surface area contributed by atoms with E-state index in [1.54, 1.807) is 0 Å². The van der Waals surface area contributed by atoms with Crippen molar-refractivity contribution in [3.05, 3.63) is 200 Å². The largest absolute Gasteiger partial charge is 0.309 e. The van der Waals surface area contributed by atoms with Gasteiger partial charge in [-0.15, -0.1) is 11.3 Å². The molecule has 0 unspecified atom stereocenters. The molecule has 3 nitrogen and oxygen atoms in total. The summed E-state index contributed by atoms with van der Waals surface area (Å²) in [5.41, 5.74) is 13.9. The van der Waals surface area contributed by atoms with Gasteiger partial charge in [-0.2, -0.15) is 0 Å². The number of thiophene rings is 1. The number of imidazole rings is 1. The van der Waals surface area contributed by atoms with Crippen LogP contribution < -0.4 is 0 Å². The van der Waals surface area contributed by atoms with Crippen molar-refractivity contribution in [2.24, 2.45) is 0 Å². The molecule has 0 aliphatic heterocycles. The van der Waals surface area contributed by atoms with Crippen molar-refractivity contribution in [3.63, 3.8) is 0 Å². The van der Waals surface area contributed by atoms with Gasteiger partial charge in [0.1, 0.15) is 0 Å². The van der Waals surface area contributed by atoms with Crippen molar-refractivity contribution in [3.8, 4) is 39.2 Å². The van der Waals surface area contributed by atoms with Crippen LogP contribution in [0.5, 0.6) is 0 Å². The van der Waals surface area contributed by atoms with E-state index >= 15 is 0 Å². The number of nitrogens with zero attached hydrogens (tertiary/aromatic N) is 3. The summed E-state index contributed by atoms with van der Waals surface area (Å²) in [6.07, 6.45) is 0. The van der Waals surface area contributed by atoms with Crippen LogP contribution in [0.1, 0.15) is 0 Å². The fourth-order valence-corrected chi connectivity index (χ4v) is 10.6. The lowest BCUT2D eigenvalue weighted by Gasteiger charge is -2.11. The Morgan fingerprint density at radius 2 is 0.949 bits per heavy atom. The van der Waals surface area contributed by atoms with E-state index in [1.807, 2.05) is 11.3 Å². The van der Waals surface area contributed by atoms with E-state index in [4.69, 9.17) is 4.98 Å².